The Hall–Kier alpha value is -0.880. The molecule has 114 valence electrons. The van der Waals surface area contributed by atoms with E-state index >= 15 is 0 Å². The van der Waals surface area contributed by atoms with Gasteiger partial charge in [-0.2, -0.15) is 5.10 Å². The zero-order chi connectivity index (χ0) is 15.6. The smallest absolute Gasteiger partial charge is 0.122 e. The van der Waals surface area contributed by atoms with E-state index in [9.17, 15) is 5.11 Å². The Morgan fingerprint density at radius 3 is 2.76 bits per heavy atom. The van der Waals surface area contributed by atoms with Crippen molar-refractivity contribution in [1.29, 1.82) is 0 Å². The van der Waals surface area contributed by atoms with Gasteiger partial charge in [-0.05, 0) is 54.1 Å². The number of halogens is 2. The molecular formula is C15H19BrClN3O. The van der Waals surface area contributed by atoms with Crippen LogP contribution < -0.4 is 0 Å². The molecule has 0 bridgehead atoms. The summed E-state index contributed by atoms with van der Waals surface area (Å²) in [5.41, 5.74) is 2.52. The summed E-state index contributed by atoms with van der Waals surface area (Å²) in [6, 6.07) is 5.56. The highest BCUT2D eigenvalue weighted by Gasteiger charge is 2.20. The number of rotatable bonds is 5. The Morgan fingerprint density at radius 1 is 1.43 bits per heavy atom. The summed E-state index contributed by atoms with van der Waals surface area (Å²) < 4.78 is 2.64. The molecule has 1 aromatic carbocycles. The predicted molar refractivity (Wildman–Crippen MR) is 88.7 cm³/mol. The number of benzene rings is 1. The molecule has 2 aromatic rings. The molecule has 1 unspecified atom stereocenters. The van der Waals surface area contributed by atoms with E-state index in [1.807, 2.05) is 43.9 Å². The predicted octanol–water partition coefficient (Wildman–Crippen LogP) is 3.25. The number of hydrogen-bond donors (Lipinski definition) is 1. The molecule has 0 aliphatic rings. The maximum Gasteiger partial charge on any atom is 0.122 e. The van der Waals surface area contributed by atoms with Crippen molar-refractivity contribution in [3.8, 4) is 0 Å². The molecule has 2 rings (SSSR count). The molecule has 1 atom stereocenters. The molecule has 0 amide bonds. The molecule has 0 aliphatic heterocycles. The Kier molecular flexibility index (Phi) is 5.43. The van der Waals surface area contributed by atoms with E-state index in [-0.39, 0.29) is 0 Å². The van der Waals surface area contributed by atoms with Gasteiger partial charge in [-0.25, -0.2) is 0 Å². The summed E-state index contributed by atoms with van der Waals surface area (Å²) >= 11 is 9.52. The maximum atomic E-state index is 10.7. The van der Waals surface area contributed by atoms with Crippen molar-refractivity contribution in [3.05, 3.63) is 50.7 Å². The van der Waals surface area contributed by atoms with Crippen LogP contribution in [0.15, 0.2) is 28.9 Å². The second-order valence-electron chi connectivity index (χ2n) is 5.32. The lowest BCUT2D eigenvalue weighted by Crippen LogP contribution is -2.21. The second-order valence-corrected chi connectivity index (χ2v) is 6.58. The van der Waals surface area contributed by atoms with Crippen LogP contribution in [0.4, 0.5) is 0 Å². The summed E-state index contributed by atoms with van der Waals surface area (Å²) in [7, 11) is 4.02. The van der Waals surface area contributed by atoms with Gasteiger partial charge in [0.05, 0.1) is 22.9 Å². The Balaban J connectivity index is 2.31. The zero-order valence-corrected chi connectivity index (χ0v) is 14.7. The van der Waals surface area contributed by atoms with E-state index in [1.54, 1.807) is 6.20 Å². The van der Waals surface area contributed by atoms with Gasteiger partial charge in [0, 0.05) is 11.6 Å². The lowest BCUT2D eigenvalue weighted by atomic mass is 10.0. The molecule has 1 N–H and O–H groups in total. The number of aliphatic hydroxyl groups is 1. The van der Waals surface area contributed by atoms with Gasteiger partial charge >= 0.3 is 0 Å². The number of nitrogens with zero attached hydrogens (tertiary/aromatic N) is 3. The lowest BCUT2D eigenvalue weighted by Gasteiger charge is -2.17. The standard InChI is InChI=1S/C15H19BrClN3O/c1-10-8-11(4-5-13(10)17)15(21)14-12(16)9-18-20(14)7-6-19(2)3/h4-5,8-9,15,21H,6-7H2,1-3H3. The molecule has 0 aliphatic carbocycles. The largest absolute Gasteiger partial charge is 0.382 e. The van der Waals surface area contributed by atoms with Crippen molar-refractivity contribution in [1.82, 2.24) is 14.7 Å². The van der Waals surface area contributed by atoms with E-state index in [0.717, 1.165) is 34.4 Å². The quantitative estimate of drug-likeness (QED) is 0.876. The molecule has 0 saturated carbocycles. The summed E-state index contributed by atoms with van der Waals surface area (Å²) in [6.07, 6.45) is 0.983. The van der Waals surface area contributed by atoms with E-state index in [0.29, 0.717) is 5.02 Å². The van der Waals surface area contributed by atoms with E-state index in [4.69, 9.17) is 11.6 Å². The SMILES string of the molecule is Cc1cc(C(O)c2c(Br)cnn2CCN(C)C)ccc1Cl. The molecule has 0 fully saturated rings. The number of likely N-dealkylation sites (N-methyl/N-ethyl adjacent to an activating group) is 1. The third kappa shape index (κ3) is 3.86. The first kappa shape index (κ1) is 16.5. The third-order valence-electron chi connectivity index (χ3n) is 3.35. The molecule has 4 nitrogen and oxygen atoms in total. The van der Waals surface area contributed by atoms with E-state index in [2.05, 4.69) is 25.9 Å². The number of aromatic nitrogens is 2. The molecule has 21 heavy (non-hydrogen) atoms. The number of hydrogen-bond acceptors (Lipinski definition) is 3. The van der Waals surface area contributed by atoms with Crippen LogP contribution in [0.3, 0.4) is 0 Å². The fourth-order valence-corrected chi connectivity index (χ4v) is 2.74. The normalized spacial score (nSPS) is 12.9. The number of aryl methyl sites for hydroxylation is 1. The van der Waals surface area contributed by atoms with Gasteiger partial charge < -0.3 is 10.0 Å². The van der Waals surface area contributed by atoms with E-state index in [1.165, 1.54) is 0 Å². The molecule has 6 heteroatoms. The first-order chi connectivity index (χ1) is 9.90. The van der Waals surface area contributed by atoms with Gasteiger partial charge in [0.25, 0.3) is 0 Å². The lowest BCUT2D eigenvalue weighted by molar-refractivity contribution is 0.204. The summed E-state index contributed by atoms with van der Waals surface area (Å²) in [6.45, 7) is 3.50. The van der Waals surface area contributed by atoms with Crippen molar-refractivity contribution in [3.63, 3.8) is 0 Å². The molecule has 1 heterocycles. The summed E-state index contributed by atoms with van der Waals surface area (Å²) in [5.74, 6) is 0. The van der Waals surface area contributed by atoms with Crippen LogP contribution >= 0.6 is 27.5 Å². The number of aliphatic hydroxyl groups excluding tert-OH is 1. The van der Waals surface area contributed by atoms with Gasteiger partial charge in [0.15, 0.2) is 0 Å². The van der Waals surface area contributed by atoms with Gasteiger partial charge in [0.1, 0.15) is 6.10 Å². The van der Waals surface area contributed by atoms with Crippen LogP contribution in [0.5, 0.6) is 0 Å². The minimum Gasteiger partial charge on any atom is -0.382 e. The summed E-state index contributed by atoms with van der Waals surface area (Å²) in [5, 5.41) is 15.7. The van der Waals surface area contributed by atoms with Gasteiger partial charge in [-0.1, -0.05) is 23.7 Å². The Morgan fingerprint density at radius 2 is 2.14 bits per heavy atom. The minimum atomic E-state index is -0.736. The van der Waals surface area contributed by atoms with Gasteiger partial charge in [0.2, 0.25) is 0 Å². The highest BCUT2D eigenvalue weighted by molar-refractivity contribution is 9.10. The molecule has 0 spiro atoms. The van der Waals surface area contributed by atoms with Gasteiger partial charge in [-0.15, -0.1) is 0 Å². The van der Waals surface area contributed by atoms with Gasteiger partial charge in [-0.3, -0.25) is 4.68 Å². The average molecular weight is 373 g/mol. The second kappa shape index (κ2) is 6.92. The molecule has 0 radical (unpaired) electrons. The average Bonchev–Trinajstić information content (AvgIpc) is 2.80. The monoisotopic (exact) mass is 371 g/mol. The molecule has 1 aromatic heterocycles. The maximum absolute atomic E-state index is 10.7. The van der Waals surface area contributed by atoms with Crippen molar-refractivity contribution >= 4 is 27.5 Å². The highest BCUT2D eigenvalue weighted by Crippen LogP contribution is 2.30. The first-order valence-corrected chi connectivity index (χ1v) is 7.87. The fourth-order valence-electron chi connectivity index (χ4n) is 2.11. The minimum absolute atomic E-state index is 0.700. The van der Waals surface area contributed by atoms with Crippen molar-refractivity contribution in [2.24, 2.45) is 0 Å². The molecular weight excluding hydrogens is 354 g/mol. The summed E-state index contributed by atoms with van der Waals surface area (Å²) in [4.78, 5) is 2.08. The molecule has 0 saturated heterocycles. The van der Waals surface area contributed by atoms with Crippen molar-refractivity contribution in [2.45, 2.75) is 19.6 Å². The van der Waals surface area contributed by atoms with Crippen LogP contribution in [0.25, 0.3) is 0 Å². The zero-order valence-electron chi connectivity index (χ0n) is 12.3. The topological polar surface area (TPSA) is 41.3 Å². The van der Waals surface area contributed by atoms with Crippen LogP contribution in [0.2, 0.25) is 5.02 Å². The van der Waals surface area contributed by atoms with Crippen LogP contribution in [0.1, 0.15) is 22.9 Å². The highest BCUT2D eigenvalue weighted by atomic mass is 79.9. The van der Waals surface area contributed by atoms with Crippen molar-refractivity contribution < 1.29 is 5.11 Å². The van der Waals surface area contributed by atoms with E-state index < -0.39 is 6.10 Å². The van der Waals surface area contributed by atoms with Crippen LogP contribution in [-0.2, 0) is 6.54 Å². The first-order valence-electron chi connectivity index (χ1n) is 6.70. The third-order valence-corrected chi connectivity index (χ3v) is 4.38. The van der Waals surface area contributed by atoms with Crippen molar-refractivity contribution in [2.75, 3.05) is 20.6 Å². The Labute approximate surface area is 138 Å². The fraction of sp³-hybridized carbons (Fsp3) is 0.400. The van der Waals surface area contributed by atoms with Crippen LogP contribution in [0, 0.1) is 6.92 Å². The Bertz CT molecular complexity index is 627. The van der Waals surface area contributed by atoms with Crippen LogP contribution in [-0.4, -0.2) is 40.4 Å².